The van der Waals surface area contributed by atoms with Crippen LogP contribution in [-0.2, 0) is 28.5 Å². The third-order valence-corrected chi connectivity index (χ3v) is 11.5. The van der Waals surface area contributed by atoms with Crippen LogP contribution in [-0.4, -0.2) is 124 Å². The number of aliphatic hydroxyl groups excluding tert-OH is 2. The standard InChI is InChI=1S/C43H56N4O13/c1-21-11-10-12-22(2)42(55)46-33-28(19-44-45-20-47-14-17-57-18-15-47)37(52)30-31(38(33)53)36(51)26(6)40-32(30)41(54)43(8,60-40)58-16-13-29(56-9)23(3)39(59-27(7)48)25(5)35(50)24(4)34(21)49/h10-13,16,19-21,23-25,29,34-35,39,49-53H,14-15,17-18H2,1-9H3,(H,46,55)/b11-10+,16-13+,22-12+,44-19+,45-20+/t21-,23+,24+,25+,29-,34-,35+,39+,43-/m0/s1. The van der Waals surface area contributed by atoms with Crippen molar-refractivity contribution < 1.29 is 63.6 Å². The van der Waals surface area contributed by atoms with E-state index in [-0.39, 0.29) is 44.5 Å². The first-order valence-electron chi connectivity index (χ1n) is 19.8. The van der Waals surface area contributed by atoms with Gasteiger partial charge in [-0.2, -0.15) is 5.10 Å². The molecule has 2 aromatic rings. The Hall–Kier alpha value is -5.49. The number of nitrogens with one attached hydrogen (secondary N) is 1. The number of fused-ring (bicyclic) bond motifs is 14. The van der Waals surface area contributed by atoms with E-state index in [1.165, 1.54) is 59.6 Å². The number of Topliss-reactive ketones (excluding diaryl/α,β-unsaturated/α-hetero) is 1. The average molecular weight is 837 g/mol. The molecule has 0 unspecified atom stereocenters. The summed E-state index contributed by atoms with van der Waals surface area (Å²) in [6.07, 6.45) is 6.00. The number of aliphatic hydroxyl groups is 2. The number of aromatic hydroxyl groups is 3. The number of ether oxygens (including phenoxy) is 5. The lowest BCUT2D eigenvalue weighted by Crippen LogP contribution is -2.46. The van der Waals surface area contributed by atoms with Gasteiger partial charge in [0, 0.05) is 74.2 Å². The van der Waals surface area contributed by atoms with Crippen LogP contribution in [0.3, 0.4) is 0 Å². The zero-order chi connectivity index (χ0) is 44.2. The Morgan fingerprint density at radius 2 is 1.63 bits per heavy atom. The Balaban J connectivity index is 1.69. The second kappa shape index (κ2) is 18.8. The van der Waals surface area contributed by atoms with Gasteiger partial charge in [-0.3, -0.25) is 14.4 Å². The van der Waals surface area contributed by atoms with Crippen molar-refractivity contribution in [3.05, 3.63) is 52.8 Å². The van der Waals surface area contributed by atoms with E-state index in [9.17, 15) is 39.9 Å². The number of hydrogen-bond acceptors (Lipinski definition) is 15. The van der Waals surface area contributed by atoms with Crippen molar-refractivity contribution in [2.24, 2.45) is 33.9 Å². The molecule has 5 bridgehead atoms. The van der Waals surface area contributed by atoms with E-state index in [1.807, 2.05) is 4.90 Å². The van der Waals surface area contributed by atoms with Crippen LogP contribution in [0.2, 0.25) is 0 Å². The molecule has 17 nitrogen and oxygen atoms in total. The number of morpholine rings is 1. The second-order valence-electron chi connectivity index (χ2n) is 15.7. The summed E-state index contributed by atoms with van der Waals surface area (Å²) < 4.78 is 28.9. The molecule has 1 saturated heterocycles. The summed E-state index contributed by atoms with van der Waals surface area (Å²) >= 11 is 0. The van der Waals surface area contributed by atoms with Gasteiger partial charge < -0.3 is 59.4 Å². The minimum absolute atomic E-state index is 0.0306. The minimum atomic E-state index is -2.07. The first kappa shape index (κ1) is 45.6. The molecule has 0 radical (unpaired) electrons. The summed E-state index contributed by atoms with van der Waals surface area (Å²) in [6, 6.07) is 0. The van der Waals surface area contributed by atoms with Crippen LogP contribution < -0.4 is 10.1 Å². The van der Waals surface area contributed by atoms with Crippen molar-refractivity contribution in [2.45, 2.75) is 85.6 Å². The van der Waals surface area contributed by atoms with Crippen LogP contribution in [0.5, 0.6) is 23.0 Å². The number of esters is 1. The number of hydrogen-bond donors (Lipinski definition) is 6. The molecular weight excluding hydrogens is 780 g/mol. The van der Waals surface area contributed by atoms with Gasteiger partial charge in [-0.25, -0.2) is 0 Å². The van der Waals surface area contributed by atoms with Gasteiger partial charge in [-0.15, -0.1) is 5.10 Å². The molecule has 17 heteroatoms. The predicted octanol–water partition coefficient (Wildman–Crippen LogP) is 4.45. The SMILES string of the molecule is CO[C@H]1/C=C/O[C@@]2(C)Oc3c(C)c(O)c4c(O)c(c(/C=N/N=C/N5CCOCC5)c(O)c4c3C2=O)NC(=O)/C(C)=C/C=C/[C@H](C)[C@H](O)[C@@H](C)[C@@H](O)[C@@H](C)[C@H](OC(C)=O)[C@@H]1C. The zero-order valence-corrected chi connectivity index (χ0v) is 35.3. The first-order chi connectivity index (χ1) is 28.3. The number of phenolic OH excluding ortho intramolecular Hbond substituents is 3. The smallest absolute Gasteiger partial charge is 0.312 e. The lowest BCUT2D eigenvalue weighted by atomic mass is 9.78. The highest BCUT2D eigenvalue weighted by atomic mass is 16.7. The van der Waals surface area contributed by atoms with Gasteiger partial charge in [0.2, 0.25) is 0 Å². The van der Waals surface area contributed by atoms with Gasteiger partial charge in [0.05, 0.1) is 66.2 Å². The van der Waals surface area contributed by atoms with Crippen molar-refractivity contribution in [2.75, 3.05) is 38.7 Å². The molecule has 0 spiro atoms. The van der Waals surface area contributed by atoms with Crippen molar-refractivity contribution in [1.29, 1.82) is 0 Å². The van der Waals surface area contributed by atoms with Crippen LogP contribution in [0, 0.1) is 30.6 Å². The lowest BCUT2D eigenvalue weighted by Gasteiger charge is -2.38. The zero-order valence-electron chi connectivity index (χ0n) is 35.3. The van der Waals surface area contributed by atoms with Crippen LogP contribution in [0.4, 0.5) is 5.69 Å². The summed E-state index contributed by atoms with van der Waals surface area (Å²) in [6.45, 7) is 14.6. The molecule has 0 aliphatic carbocycles. The minimum Gasteiger partial charge on any atom is -0.507 e. The molecule has 6 rings (SSSR count). The summed E-state index contributed by atoms with van der Waals surface area (Å²) in [7, 11) is 1.43. The van der Waals surface area contributed by atoms with Crippen molar-refractivity contribution in [3.63, 3.8) is 0 Å². The second-order valence-corrected chi connectivity index (χ2v) is 15.7. The maximum Gasteiger partial charge on any atom is 0.312 e. The number of carbonyl (C=O) groups is 3. The molecule has 4 aliphatic rings. The number of amides is 1. The van der Waals surface area contributed by atoms with Crippen molar-refractivity contribution in [1.82, 2.24) is 4.90 Å². The third kappa shape index (κ3) is 9.13. The number of rotatable bonds is 5. The number of anilines is 1. The number of ketones is 1. The molecule has 2 aromatic carbocycles. The highest BCUT2D eigenvalue weighted by Gasteiger charge is 2.50. The molecule has 1 fully saturated rings. The van der Waals surface area contributed by atoms with Gasteiger partial charge >= 0.3 is 11.8 Å². The number of nitrogens with zero attached hydrogens (tertiary/aromatic N) is 3. The fourth-order valence-corrected chi connectivity index (χ4v) is 7.76. The molecule has 0 saturated carbocycles. The molecule has 60 heavy (non-hydrogen) atoms. The van der Waals surface area contributed by atoms with E-state index in [0.717, 1.165) is 6.21 Å². The molecule has 6 N–H and O–H groups in total. The largest absolute Gasteiger partial charge is 0.507 e. The summed E-state index contributed by atoms with van der Waals surface area (Å²) in [5.74, 6) is -8.68. The monoisotopic (exact) mass is 836 g/mol. The molecule has 1 amide bonds. The fraction of sp³-hybridized carbons (Fsp3) is 0.512. The summed E-state index contributed by atoms with van der Waals surface area (Å²) in [4.78, 5) is 42.3. The predicted molar refractivity (Wildman–Crippen MR) is 222 cm³/mol. The van der Waals surface area contributed by atoms with Gasteiger partial charge in [-0.05, 0) is 19.9 Å². The lowest BCUT2D eigenvalue weighted by molar-refractivity contribution is -0.160. The van der Waals surface area contributed by atoms with E-state index in [0.29, 0.717) is 26.3 Å². The first-order valence-corrected chi connectivity index (χ1v) is 19.8. The van der Waals surface area contributed by atoms with Gasteiger partial charge in [0.1, 0.15) is 29.7 Å². The highest BCUT2D eigenvalue weighted by Crippen LogP contribution is 2.55. The van der Waals surface area contributed by atoms with Crippen LogP contribution in [0.1, 0.15) is 70.0 Å². The Morgan fingerprint density at radius 1 is 0.950 bits per heavy atom. The van der Waals surface area contributed by atoms with Crippen molar-refractivity contribution in [3.8, 4) is 23.0 Å². The molecule has 326 valence electrons. The molecule has 4 heterocycles. The van der Waals surface area contributed by atoms with Crippen LogP contribution >= 0.6 is 0 Å². The highest BCUT2D eigenvalue weighted by molar-refractivity contribution is 6.23. The van der Waals surface area contributed by atoms with Gasteiger partial charge in [0.15, 0.2) is 5.75 Å². The Labute approximate surface area is 348 Å². The van der Waals surface area contributed by atoms with Gasteiger partial charge in [-0.1, -0.05) is 45.9 Å². The Bertz CT molecular complexity index is 2120. The molecular formula is C43H56N4O13. The number of carbonyl (C=O) groups excluding carboxylic acids is 3. The van der Waals surface area contributed by atoms with E-state index in [1.54, 1.807) is 39.8 Å². The van der Waals surface area contributed by atoms with Crippen LogP contribution in [0.25, 0.3) is 10.8 Å². The topological polar surface area (TPSA) is 238 Å². The van der Waals surface area contributed by atoms with E-state index in [2.05, 4.69) is 15.5 Å². The Morgan fingerprint density at radius 3 is 2.28 bits per heavy atom. The number of phenols is 3. The molecule has 4 aliphatic heterocycles. The molecule has 0 aromatic heterocycles. The Kier molecular flexibility index (Phi) is 14.3. The van der Waals surface area contributed by atoms with E-state index in [4.69, 9.17) is 23.7 Å². The normalized spacial score (nSPS) is 31.5. The van der Waals surface area contributed by atoms with E-state index >= 15 is 0 Å². The van der Waals surface area contributed by atoms with Gasteiger partial charge in [0.25, 0.3) is 11.7 Å². The summed E-state index contributed by atoms with van der Waals surface area (Å²) in [5, 5.41) is 68.4. The quantitative estimate of drug-likeness (QED) is 0.0610. The van der Waals surface area contributed by atoms with Crippen molar-refractivity contribution >= 4 is 46.7 Å². The van der Waals surface area contributed by atoms with Crippen LogP contribution in [0.15, 0.2) is 46.3 Å². The number of benzene rings is 2. The molecule has 9 atom stereocenters. The number of methoxy groups -OCH3 is 1. The average Bonchev–Trinajstić information content (AvgIpc) is 3.48. The summed E-state index contributed by atoms with van der Waals surface area (Å²) in [5.41, 5.74) is -0.624. The number of allylic oxidation sites excluding steroid dienone is 2. The maximum absolute atomic E-state index is 14.4. The third-order valence-electron chi connectivity index (χ3n) is 11.5. The van der Waals surface area contributed by atoms with E-state index < -0.39 is 88.8 Å². The fourth-order valence-electron chi connectivity index (χ4n) is 7.76. The maximum atomic E-state index is 14.4.